The molecule has 0 aliphatic carbocycles. The first-order valence-electron chi connectivity index (χ1n) is 5.91. The number of carbonyl (C=O) groups excluding carboxylic acids is 1. The van der Waals surface area contributed by atoms with Gasteiger partial charge in [0, 0.05) is 22.6 Å². The molecule has 0 radical (unpaired) electrons. The monoisotopic (exact) mass is 412 g/mol. The first kappa shape index (κ1) is 15.7. The number of carbonyl (C=O) groups is 1. The molecule has 0 saturated carbocycles. The lowest BCUT2D eigenvalue weighted by atomic mass is 10.1. The van der Waals surface area contributed by atoms with Crippen LogP contribution in [-0.4, -0.2) is 10.8 Å². The Bertz CT molecular complexity index is 687. The highest BCUT2D eigenvalue weighted by atomic mass is 79.9. The molecule has 0 aliphatic rings. The van der Waals surface area contributed by atoms with Crippen LogP contribution >= 0.6 is 31.9 Å². The molecule has 0 unspecified atom stereocenters. The van der Waals surface area contributed by atoms with Gasteiger partial charge in [-0.05, 0) is 45.8 Å². The van der Waals surface area contributed by atoms with Crippen molar-refractivity contribution in [1.82, 2.24) is 0 Å². The highest BCUT2D eigenvalue weighted by Gasteiger charge is 2.14. The first-order chi connectivity index (χ1) is 10.0. The van der Waals surface area contributed by atoms with Crippen LogP contribution in [-0.2, 0) is 5.33 Å². The third-order valence-electron chi connectivity index (χ3n) is 2.77. The van der Waals surface area contributed by atoms with Crippen molar-refractivity contribution < 1.29 is 9.72 Å². The number of nitrogens with one attached hydrogen (secondary N) is 1. The second-order valence-corrected chi connectivity index (χ2v) is 5.62. The fourth-order valence-corrected chi connectivity index (χ4v) is 2.44. The third-order valence-corrected chi connectivity index (χ3v) is 4.09. The molecule has 0 bridgehead atoms. The van der Waals surface area contributed by atoms with Gasteiger partial charge >= 0.3 is 0 Å². The van der Waals surface area contributed by atoms with Crippen LogP contribution in [0.4, 0.5) is 11.4 Å². The Kier molecular flexibility index (Phi) is 5.08. The van der Waals surface area contributed by atoms with Crippen LogP contribution in [0.1, 0.15) is 15.9 Å². The summed E-state index contributed by atoms with van der Waals surface area (Å²) in [5, 5.41) is 14.2. The summed E-state index contributed by atoms with van der Waals surface area (Å²) in [7, 11) is 0. The summed E-state index contributed by atoms with van der Waals surface area (Å²) >= 11 is 6.43. The SMILES string of the molecule is O=C(Nc1ccc(Br)c([N+](=O)[O-])c1)c1ccc(CBr)cc1. The molecule has 21 heavy (non-hydrogen) atoms. The van der Waals surface area contributed by atoms with Gasteiger partial charge in [-0.2, -0.15) is 0 Å². The highest BCUT2D eigenvalue weighted by molar-refractivity contribution is 9.10. The van der Waals surface area contributed by atoms with E-state index in [-0.39, 0.29) is 11.6 Å². The number of alkyl halides is 1. The van der Waals surface area contributed by atoms with E-state index in [4.69, 9.17) is 0 Å². The molecule has 2 rings (SSSR count). The minimum absolute atomic E-state index is 0.0950. The van der Waals surface area contributed by atoms with Crippen molar-refractivity contribution in [3.8, 4) is 0 Å². The molecule has 0 aliphatic heterocycles. The summed E-state index contributed by atoms with van der Waals surface area (Å²) in [5.41, 5.74) is 1.83. The molecule has 2 aromatic rings. The molecular weight excluding hydrogens is 404 g/mol. The van der Waals surface area contributed by atoms with Gasteiger partial charge in [-0.25, -0.2) is 0 Å². The lowest BCUT2D eigenvalue weighted by molar-refractivity contribution is -0.385. The van der Waals surface area contributed by atoms with Crippen LogP contribution in [0.5, 0.6) is 0 Å². The van der Waals surface area contributed by atoms with Crippen molar-refractivity contribution in [2.45, 2.75) is 5.33 Å². The highest BCUT2D eigenvalue weighted by Crippen LogP contribution is 2.28. The standard InChI is InChI=1S/C14H10Br2N2O3/c15-8-9-1-3-10(4-2-9)14(19)17-11-5-6-12(16)13(7-11)18(20)21/h1-7H,8H2,(H,17,19). The van der Waals surface area contributed by atoms with Gasteiger partial charge < -0.3 is 5.32 Å². The number of nitro groups is 1. The number of amides is 1. The fourth-order valence-electron chi connectivity index (χ4n) is 1.68. The van der Waals surface area contributed by atoms with E-state index in [1.54, 1.807) is 18.2 Å². The lowest BCUT2D eigenvalue weighted by Gasteiger charge is -2.06. The minimum atomic E-state index is -0.509. The molecular formula is C14H10Br2N2O3. The van der Waals surface area contributed by atoms with Gasteiger partial charge in [-0.3, -0.25) is 14.9 Å². The van der Waals surface area contributed by atoms with E-state index in [0.717, 1.165) is 5.56 Å². The van der Waals surface area contributed by atoms with E-state index in [9.17, 15) is 14.9 Å². The zero-order valence-corrected chi connectivity index (χ0v) is 13.8. The Morgan fingerprint density at radius 1 is 1.19 bits per heavy atom. The van der Waals surface area contributed by atoms with Crippen LogP contribution in [0.25, 0.3) is 0 Å². The molecule has 2 aromatic carbocycles. The number of nitrogens with zero attached hydrogens (tertiary/aromatic N) is 1. The van der Waals surface area contributed by atoms with Crippen LogP contribution < -0.4 is 5.32 Å². The normalized spacial score (nSPS) is 10.2. The summed E-state index contributed by atoms with van der Waals surface area (Å²) < 4.78 is 0.368. The van der Waals surface area contributed by atoms with Crippen LogP contribution in [0.2, 0.25) is 0 Å². The Balaban J connectivity index is 2.19. The van der Waals surface area contributed by atoms with Crippen LogP contribution in [0, 0.1) is 10.1 Å². The van der Waals surface area contributed by atoms with E-state index in [2.05, 4.69) is 37.2 Å². The molecule has 0 heterocycles. The minimum Gasteiger partial charge on any atom is -0.322 e. The van der Waals surface area contributed by atoms with E-state index in [1.165, 1.54) is 12.1 Å². The van der Waals surface area contributed by atoms with E-state index in [0.29, 0.717) is 21.1 Å². The molecule has 7 heteroatoms. The number of hydrogen-bond donors (Lipinski definition) is 1. The summed E-state index contributed by atoms with van der Waals surface area (Å²) in [6.45, 7) is 0. The van der Waals surface area contributed by atoms with Crippen molar-refractivity contribution >= 4 is 49.1 Å². The van der Waals surface area contributed by atoms with E-state index >= 15 is 0 Å². The summed E-state index contributed by atoms with van der Waals surface area (Å²) in [6, 6.07) is 11.5. The molecule has 0 atom stereocenters. The summed E-state index contributed by atoms with van der Waals surface area (Å²) in [6.07, 6.45) is 0. The lowest BCUT2D eigenvalue weighted by Crippen LogP contribution is -2.12. The molecule has 1 N–H and O–H groups in total. The number of rotatable bonds is 4. The van der Waals surface area contributed by atoms with Crippen molar-refractivity contribution in [2.75, 3.05) is 5.32 Å². The number of benzene rings is 2. The number of halogens is 2. The third kappa shape index (κ3) is 3.89. The zero-order valence-electron chi connectivity index (χ0n) is 10.7. The summed E-state index contributed by atoms with van der Waals surface area (Å²) in [5.74, 6) is -0.312. The van der Waals surface area contributed by atoms with Gasteiger partial charge in [0.05, 0.1) is 9.40 Å². The Hall–Kier alpha value is -1.73. The Morgan fingerprint density at radius 2 is 1.86 bits per heavy atom. The average Bonchev–Trinajstić information content (AvgIpc) is 2.49. The molecule has 1 amide bonds. The van der Waals surface area contributed by atoms with Gasteiger partial charge in [0.25, 0.3) is 11.6 Å². The molecule has 0 spiro atoms. The quantitative estimate of drug-likeness (QED) is 0.455. The maximum absolute atomic E-state index is 12.1. The van der Waals surface area contributed by atoms with Gasteiger partial charge in [-0.15, -0.1) is 0 Å². The van der Waals surface area contributed by atoms with Crippen molar-refractivity contribution in [2.24, 2.45) is 0 Å². The molecule has 0 aromatic heterocycles. The molecule has 0 saturated heterocycles. The predicted octanol–water partition coefficient (Wildman–Crippen LogP) is 4.50. The number of nitro benzene ring substituents is 1. The maximum Gasteiger partial charge on any atom is 0.285 e. The van der Waals surface area contributed by atoms with Crippen molar-refractivity contribution in [1.29, 1.82) is 0 Å². The second-order valence-electron chi connectivity index (χ2n) is 4.21. The number of hydrogen-bond acceptors (Lipinski definition) is 3. The van der Waals surface area contributed by atoms with Crippen molar-refractivity contribution in [3.05, 3.63) is 68.2 Å². The fraction of sp³-hybridized carbons (Fsp3) is 0.0714. The summed E-state index contributed by atoms with van der Waals surface area (Å²) in [4.78, 5) is 22.4. The largest absolute Gasteiger partial charge is 0.322 e. The first-order valence-corrected chi connectivity index (χ1v) is 7.83. The molecule has 108 valence electrons. The molecule has 0 fully saturated rings. The van der Waals surface area contributed by atoms with Crippen LogP contribution in [0.3, 0.4) is 0 Å². The van der Waals surface area contributed by atoms with E-state index < -0.39 is 4.92 Å². The predicted molar refractivity (Wildman–Crippen MR) is 87.8 cm³/mol. The zero-order chi connectivity index (χ0) is 15.4. The molecule has 5 nitrogen and oxygen atoms in total. The van der Waals surface area contributed by atoms with Crippen molar-refractivity contribution in [3.63, 3.8) is 0 Å². The maximum atomic E-state index is 12.1. The van der Waals surface area contributed by atoms with E-state index in [1.807, 2.05) is 12.1 Å². The second kappa shape index (κ2) is 6.82. The average molecular weight is 414 g/mol. The van der Waals surface area contributed by atoms with Gasteiger partial charge in [0.15, 0.2) is 0 Å². The van der Waals surface area contributed by atoms with Gasteiger partial charge in [0.2, 0.25) is 0 Å². The van der Waals surface area contributed by atoms with Crippen LogP contribution in [0.15, 0.2) is 46.9 Å². The number of anilines is 1. The Labute approximate surface area is 137 Å². The smallest absolute Gasteiger partial charge is 0.285 e. The van der Waals surface area contributed by atoms with Gasteiger partial charge in [0.1, 0.15) is 0 Å². The van der Waals surface area contributed by atoms with Gasteiger partial charge in [-0.1, -0.05) is 28.1 Å². The Morgan fingerprint density at radius 3 is 2.43 bits per heavy atom. The topological polar surface area (TPSA) is 72.2 Å².